The molecule has 2 aromatic carbocycles. The monoisotopic (exact) mass is 519 g/mol. The Morgan fingerprint density at radius 3 is 2.40 bits per heavy atom. The van der Waals surface area contributed by atoms with Gasteiger partial charge >= 0.3 is 0 Å². The van der Waals surface area contributed by atoms with E-state index in [1.54, 1.807) is 30.3 Å². The number of hydrogen-bond acceptors (Lipinski definition) is 9. The molecule has 0 atom stereocenters. The van der Waals surface area contributed by atoms with Gasteiger partial charge in [0, 0.05) is 19.2 Å². The number of aromatic nitrogens is 1. The number of nitrogens with one attached hydrogen (secondary N) is 1. The second-order valence-electron chi connectivity index (χ2n) is 7.45. The number of nitrogens with zero attached hydrogens (tertiary/aromatic N) is 2. The van der Waals surface area contributed by atoms with Gasteiger partial charge in [0.15, 0.2) is 16.6 Å². The summed E-state index contributed by atoms with van der Waals surface area (Å²) in [5.41, 5.74) is 1.27. The molecule has 0 radical (unpaired) electrons. The van der Waals surface area contributed by atoms with E-state index in [-0.39, 0.29) is 10.8 Å². The Kier molecular flexibility index (Phi) is 7.55. The SMILES string of the molecule is COc1cc(C=CC(=O)Nc2nc3ccc(S(=O)(=O)N4CCOCC4)cc3s2)cc(OC)c1OC. The van der Waals surface area contributed by atoms with Crippen molar-refractivity contribution in [3.8, 4) is 17.2 Å². The fraction of sp³-hybridized carbons (Fsp3) is 0.304. The Bertz CT molecular complexity index is 1340. The van der Waals surface area contributed by atoms with Crippen LogP contribution in [0.4, 0.5) is 5.13 Å². The highest BCUT2D eigenvalue weighted by Crippen LogP contribution is 2.38. The lowest BCUT2D eigenvalue weighted by Crippen LogP contribution is -2.40. The summed E-state index contributed by atoms with van der Waals surface area (Å²) >= 11 is 1.20. The highest BCUT2D eigenvalue weighted by molar-refractivity contribution is 7.89. The lowest BCUT2D eigenvalue weighted by atomic mass is 10.1. The van der Waals surface area contributed by atoms with Gasteiger partial charge in [-0.2, -0.15) is 4.31 Å². The van der Waals surface area contributed by atoms with Crippen LogP contribution in [-0.4, -0.2) is 71.2 Å². The van der Waals surface area contributed by atoms with Gasteiger partial charge in [-0.05, 0) is 42.0 Å². The number of morpholine rings is 1. The van der Waals surface area contributed by atoms with Gasteiger partial charge in [0.25, 0.3) is 0 Å². The van der Waals surface area contributed by atoms with Crippen molar-refractivity contribution in [2.75, 3.05) is 52.9 Å². The van der Waals surface area contributed by atoms with Crippen LogP contribution in [0.25, 0.3) is 16.3 Å². The molecule has 0 spiro atoms. The molecule has 1 saturated heterocycles. The normalized spacial score (nSPS) is 14.8. The molecule has 0 bridgehead atoms. The third kappa shape index (κ3) is 5.40. The number of amides is 1. The Morgan fingerprint density at radius 2 is 1.77 bits per heavy atom. The van der Waals surface area contributed by atoms with Crippen molar-refractivity contribution >= 4 is 48.7 Å². The standard InChI is InChI=1S/C23H25N3O7S2/c1-30-18-12-15(13-19(31-2)22(18)32-3)4-7-21(27)25-23-24-17-6-5-16(14-20(17)34-23)35(28,29)26-8-10-33-11-9-26/h4-7,12-14H,8-11H2,1-3H3,(H,24,25,27). The second-order valence-corrected chi connectivity index (χ2v) is 10.4. The van der Waals surface area contributed by atoms with Gasteiger partial charge in [-0.15, -0.1) is 0 Å². The minimum atomic E-state index is -3.62. The number of sulfonamides is 1. The summed E-state index contributed by atoms with van der Waals surface area (Å²) in [6.45, 7) is 1.40. The van der Waals surface area contributed by atoms with E-state index in [1.165, 1.54) is 49.1 Å². The maximum absolute atomic E-state index is 12.9. The minimum Gasteiger partial charge on any atom is -0.493 e. The number of thiazole rings is 1. The van der Waals surface area contributed by atoms with Crippen LogP contribution in [0.15, 0.2) is 41.3 Å². The van der Waals surface area contributed by atoms with Gasteiger partial charge in [0.05, 0.1) is 49.7 Å². The predicted molar refractivity (Wildman–Crippen MR) is 133 cm³/mol. The largest absolute Gasteiger partial charge is 0.493 e. The number of benzene rings is 2. The van der Waals surface area contributed by atoms with E-state index in [0.717, 1.165) is 0 Å². The zero-order valence-corrected chi connectivity index (χ0v) is 21.1. The van der Waals surface area contributed by atoms with Crippen molar-refractivity contribution in [2.24, 2.45) is 0 Å². The number of hydrogen-bond donors (Lipinski definition) is 1. The van der Waals surface area contributed by atoms with Gasteiger partial charge < -0.3 is 18.9 Å². The molecule has 0 unspecified atom stereocenters. The smallest absolute Gasteiger partial charge is 0.250 e. The summed E-state index contributed by atoms with van der Waals surface area (Å²) in [6.07, 6.45) is 2.97. The van der Waals surface area contributed by atoms with Crippen molar-refractivity contribution in [3.05, 3.63) is 42.0 Å². The number of methoxy groups -OCH3 is 3. The molecule has 1 amide bonds. The van der Waals surface area contributed by atoms with Crippen LogP contribution < -0.4 is 19.5 Å². The van der Waals surface area contributed by atoms with Crippen LogP contribution in [0.5, 0.6) is 17.2 Å². The van der Waals surface area contributed by atoms with E-state index >= 15 is 0 Å². The molecule has 3 aromatic rings. The average molecular weight is 520 g/mol. The fourth-order valence-electron chi connectivity index (χ4n) is 3.57. The molecule has 1 aliphatic rings. The summed E-state index contributed by atoms with van der Waals surface area (Å²) < 4.78 is 49.1. The quantitative estimate of drug-likeness (QED) is 0.452. The Labute approximate surface area is 207 Å². The van der Waals surface area contributed by atoms with E-state index in [2.05, 4.69) is 10.3 Å². The van der Waals surface area contributed by atoms with Gasteiger partial charge in [-0.25, -0.2) is 13.4 Å². The van der Waals surface area contributed by atoms with E-state index < -0.39 is 10.0 Å². The highest BCUT2D eigenvalue weighted by Gasteiger charge is 2.26. The molecule has 10 nitrogen and oxygen atoms in total. The molecule has 1 aliphatic heterocycles. The molecular weight excluding hydrogens is 494 g/mol. The summed E-state index contributed by atoms with van der Waals surface area (Å²) in [4.78, 5) is 17.1. The highest BCUT2D eigenvalue weighted by atomic mass is 32.2. The van der Waals surface area contributed by atoms with Crippen molar-refractivity contribution < 1.29 is 32.2 Å². The first-order valence-electron chi connectivity index (χ1n) is 10.6. The number of rotatable bonds is 8. The van der Waals surface area contributed by atoms with Gasteiger partial charge in [-0.3, -0.25) is 10.1 Å². The van der Waals surface area contributed by atoms with Crippen LogP contribution in [-0.2, 0) is 19.6 Å². The molecule has 1 fully saturated rings. The summed E-state index contributed by atoms with van der Waals surface area (Å²) in [6, 6.07) is 8.20. The molecular formula is C23H25N3O7S2. The summed E-state index contributed by atoms with van der Waals surface area (Å²) in [5.74, 6) is 1.02. The first-order valence-corrected chi connectivity index (χ1v) is 12.9. The number of carbonyl (C=O) groups is 1. The lowest BCUT2D eigenvalue weighted by Gasteiger charge is -2.25. The second kappa shape index (κ2) is 10.6. The number of carbonyl (C=O) groups excluding carboxylic acids is 1. The average Bonchev–Trinajstić information content (AvgIpc) is 3.28. The van der Waals surface area contributed by atoms with Crippen molar-refractivity contribution in [3.63, 3.8) is 0 Å². The van der Waals surface area contributed by atoms with Crippen LogP contribution in [0.3, 0.4) is 0 Å². The lowest BCUT2D eigenvalue weighted by molar-refractivity contribution is -0.111. The number of fused-ring (bicyclic) bond motifs is 1. The van der Waals surface area contributed by atoms with Gasteiger partial charge in [-0.1, -0.05) is 11.3 Å². The van der Waals surface area contributed by atoms with Gasteiger partial charge in [0.2, 0.25) is 21.7 Å². The summed E-state index contributed by atoms with van der Waals surface area (Å²) in [7, 11) is 0.930. The zero-order valence-electron chi connectivity index (χ0n) is 19.4. The molecule has 35 heavy (non-hydrogen) atoms. The molecule has 1 aromatic heterocycles. The van der Waals surface area contributed by atoms with Crippen LogP contribution in [0.2, 0.25) is 0 Å². The predicted octanol–water partition coefficient (Wildman–Crippen LogP) is 2.99. The Morgan fingerprint density at radius 1 is 1.09 bits per heavy atom. The number of anilines is 1. The molecule has 0 saturated carbocycles. The first kappa shape index (κ1) is 24.9. The fourth-order valence-corrected chi connectivity index (χ4v) is 5.99. The molecule has 0 aliphatic carbocycles. The van der Waals surface area contributed by atoms with E-state index in [1.807, 2.05) is 0 Å². The third-order valence-electron chi connectivity index (χ3n) is 5.31. The van der Waals surface area contributed by atoms with E-state index in [4.69, 9.17) is 18.9 Å². The molecule has 2 heterocycles. The molecule has 1 N–H and O–H groups in total. The van der Waals surface area contributed by atoms with Crippen LogP contribution in [0, 0.1) is 0 Å². The van der Waals surface area contributed by atoms with Crippen LogP contribution >= 0.6 is 11.3 Å². The Balaban J connectivity index is 1.50. The van der Waals surface area contributed by atoms with Crippen molar-refractivity contribution in [1.82, 2.24) is 9.29 Å². The summed E-state index contributed by atoms with van der Waals surface area (Å²) in [5, 5.41) is 3.08. The van der Waals surface area contributed by atoms with Crippen molar-refractivity contribution in [2.45, 2.75) is 4.90 Å². The molecule has 186 valence electrons. The molecule has 12 heteroatoms. The zero-order chi connectivity index (χ0) is 25.0. The van der Waals surface area contributed by atoms with Crippen molar-refractivity contribution in [1.29, 1.82) is 0 Å². The van der Waals surface area contributed by atoms with Crippen LogP contribution in [0.1, 0.15) is 5.56 Å². The number of ether oxygens (including phenoxy) is 4. The van der Waals surface area contributed by atoms with E-state index in [0.29, 0.717) is 64.5 Å². The maximum atomic E-state index is 12.9. The maximum Gasteiger partial charge on any atom is 0.250 e. The molecule has 4 rings (SSSR count). The third-order valence-corrected chi connectivity index (χ3v) is 8.14. The topological polar surface area (TPSA) is 116 Å². The Hall–Kier alpha value is -3.19. The van der Waals surface area contributed by atoms with Gasteiger partial charge in [0.1, 0.15) is 0 Å². The first-order chi connectivity index (χ1) is 16.8. The van der Waals surface area contributed by atoms with E-state index in [9.17, 15) is 13.2 Å². The minimum absolute atomic E-state index is 0.190.